The lowest BCUT2D eigenvalue weighted by molar-refractivity contribution is 0.0955. The lowest BCUT2D eigenvalue weighted by Gasteiger charge is -1.98. The second-order valence-corrected chi connectivity index (χ2v) is 3.49. The van der Waals surface area contributed by atoms with Crippen molar-refractivity contribution in [1.29, 1.82) is 0 Å². The largest absolute Gasteiger partial charge is 0.399 e. The topological polar surface area (TPSA) is 83.8 Å². The highest BCUT2D eigenvalue weighted by Crippen LogP contribution is 2.18. The molecule has 0 atom stereocenters. The molecular formula is C12H12N4O. The van der Waals surface area contributed by atoms with Crippen LogP contribution >= 0.6 is 0 Å². The molecule has 5 nitrogen and oxygen atoms in total. The molecule has 17 heavy (non-hydrogen) atoms. The molecule has 0 saturated heterocycles. The van der Waals surface area contributed by atoms with E-state index in [4.69, 9.17) is 5.73 Å². The minimum atomic E-state index is -0.260. The van der Waals surface area contributed by atoms with E-state index in [9.17, 15) is 4.79 Å². The van der Waals surface area contributed by atoms with Gasteiger partial charge in [-0.1, -0.05) is 5.92 Å². The van der Waals surface area contributed by atoms with Crippen LogP contribution in [0.5, 0.6) is 0 Å². The van der Waals surface area contributed by atoms with Crippen LogP contribution in [0.4, 0.5) is 5.69 Å². The van der Waals surface area contributed by atoms with Gasteiger partial charge in [-0.25, -0.2) is 0 Å². The van der Waals surface area contributed by atoms with E-state index < -0.39 is 0 Å². The molecule has 86 valence electrons. The van der Waals surface area contributed by atoms with Gasteiger partial charge in [-0.2, -0.15) is 5.10 Å². The number of nitrogens with two attached hydrogens (primary N) is 1. The molecule has 1 aromatic carbocycles. The minimum Gasteiger partial charge on any atom is -0.399 e. The summed E-state index contributed by atoms with van der Waals surface area (Å²) in [6, 6.07) is 5.27. The van der Waals surface area contributed by atoms with Gasteiger partial charge in [0.2, 0.25) is 0 Å². The van der Waals surface area contributed by atoms with Crippen LogP contribution in [-0.4, -0.2) is 22.6 Å². The first-order chi connectivity index (χ1) is 8.22. The van der Waals surface area contributed by atoms with Crippen molar-refractivity contribution < 1.29 is 4.79 Å². The highest BCUT2D eigenvalue weighted by atomic mass is 16.1. The van der Waals surface area contributed by atoms with Crippen LogP contribution in [0.15, 0.2) is 18.2 Å². The average Bonchev–Trinajstić information content (AvgIpc) is 2.72. The Hall–Kier alpha value is -2.48. The number of fused-ring (bicyclic) bond motifs is 1. The second kappa shape index (κ2) is 4.58. The summed E-state index contributed by atoms with van der Waals surface area (Å²) in [5.41, 5.74) is 7.40. The van der Waals surface area contributed by atoms with Crippen LogP contribution in [0.3, 0.4) is 0 Å². The van der Waals surface area contributed by atoms with Crippen molar-refractivity contribution in [3.8, 4) is 11.8 Å². The molecule has 5 heteroatoms. The Morgan fingerprint density at radius 3 is 3.18 bits per heavy atom. The van der Waals surface area contributed by atoms with E-state index in [1.807, 2.05) is 0 Å². The summed E-state index contributed by atoms with van der Waals surface area (Å²) in [4.78, 5) is 11.8. The first-order valence-electron chi connectivity index (χ1n) is 5.14. The number of nitrogen functional groups attached to an aromatic ring is 1. The van der Waals surface area contributed by atoms with Crippen molar-refractivity contribution >= 4 is 22.5 Å². The molecule has 2 rings (SSSR count). The molecule has 0 saturated carbocycles. The molecule has 0 aliphatic heterocycles. The monoisotopic (exact) mass is 228 g/mol. The number of aromatic nitrogens is 2. The Morgan fingerprint density at radius 1 is 1.59 bits per heavy atom. The fraction of sp³-hybridized carbons (Fsp3) is 0.167. The van der Waals surface area contributed by atoms with Crippen molar-refractivity contribution in [3.05, 3.63) is 23.9 Å². The number of amides is 1. The summed E-state index contributed by atoms with van der Waals surface area (Å²) in [7, 11) is 0. The van der Waals surface area contributed by atoms with Crippen molar-refractivity contribution in [1.82, 2.24) is 15.5 Å². The van der Waals surface area contributed by atoms with E-state index in [0.29, 0.717) is 23.3 Å². The SMILES string of the molecule is CC#CCNC(=O)c1n[nH]c2ccc(N)cc12. The number of anilines is 1. The number of nitrogens with zero attached hydrogens (tertiary/aromatic N) is 1. The Balaban J connectivity index is 2.31. The normalized spacial score (nSPS) is 9.71. The van der Waals surface area contributed by atoms with Gasteiger partial charge < -0.3 is 11.1 Å². The molecule has 0 unspecified atom stereocenters. The number of benzene rings is 1. The lowest BCUT2D eigenvalue weighted by atomic mass is 10.2. The maximum absolute atomic E-state index is 11.8. The minimum absolute atomic E-state index is 0.260. The second-order valence-electron chi connectivity index (χ2n) is 3.49. The first-order valence-corrected chi connectivity index (χ1v) is 5.14. The van der Waals surface area contributed by atoms with E-state index in [2.05, 4.69) is 27.4 Å². The zero-order valence-corrected chi connectivity index (χ0v) is 9.37. The molecule has 0 bridgehead atoms. The number of carbonyl (C=O) groups is 1. The number of H-pyrrole nitrogens is 1. The molecule has 0 aliphatic carbocycles. The third-order valence-electron chi connectivity index (χ3n) is 2.32. The van der Waals surface area contributed by atoms with E-state index in [-0.39, 0.29) is 5.91 Å². The summed E-state index contributed by atoms with van der Waals surface area (Å²) in [5.74, 6) is 5.20. The Morgan fingerprint density at radius 2 is 2.41 bits per heavy atom. The van der Waals surface area contributed by atoms with Crippen LogP contribution in [0.1, 0.15) is 17.4 Å². The Labute approximate surface area is 98.4 Å². The molecule has 2 aromatic rings. The van der Waals surface area contributed by atoms with Gasteiger partial charge in [0, 0.05) is 11.1 Å². The Kier molecular flexibility index (Phi) is 2.97. The molecule has 1 heterocycles. The highest BCUT2D eigenvalue weighted by molar-refractivity contribution is 6.05. The standard InChI is InChI=1S/C12H12N4O/c1-2-3-6-14-12(17)11-9-7-8(13)4-5-10(9)15-16-11/h4-5,7H,6,13H2,1H3,(H,14,17)(H,15,16). The third kappa shape index (κ3) is 2.21. The zero-order valence-electron chi connectivity index (χ0n) is 9.37. The average molecular weight is 228 g/mol. The van der Waals surface area contributed by atoms with E-state index in [0.717, 1.165) is 5.52 Å². The zero-order chi connectivity index (χ0) is 12.3. The molecule has 0 aliphatic rings. The number of hydrogen-bond donors (Lipinski definition) is 3. The highest BCUT2D eigenvalue weighted by Gasteiger charge is 2.13. The van der Waals surface area contributed by atoms with Gasteiger partial charge in [0.15, 0.2) is 5.69 Å². The van der Waals surface area contributed by atoms with Crippen LogP contribution in [-0.2, 0) is 0 Å². The molecule has 4 N–H and O–H groups in total. The predicted octanol–water partition coefficient (Wildman–Crippen LogP) is 0.898. The number of rotatable bonds is 2. The lowest BCUT2D eigenvalue weighted by Crippen LogP contribution is -2.24. The maximum Gasteiger partial charge on any atom is 0.273 e. The van der Waals surface area contributed by atoms with E-state index in [1.165, 1.54) is 0 Å². The Bertz CT molecular complexity index is 618. The molecule has 0 fully saturated rings. The molecule has 0 radical (unpaired) electrons. The maximum atomic E-state index is 11.8. The number of aromatic amines is 1. The van der Waals surface area contributed by atoms with Gasteiger partial charge in [0.05, 0.1) is 12.1 Å². The van der Waals surface area contributed by atoms with Gasteiger partial charge in [-0.3, -0.25) is 9.89 Å². The van der Waals surface area contributed by atoms with Crippen LogP contribution in [0.25, 0.3) is 10.9 Å². The molecule has 0 spiro atoms. The van der Waals surface area contributed by atoms with Crippen LogP contribution in [0.2, 0.25) is 0 Å². The number of carbonyl (C=O) groups excluding carboxylic acids is 1. The smallest absolute Gasteiger partial charge is 0.273 e. The van der Waals surface area contributed by atoms with Gasteiger partial charge in [0.25, 0.3) is 5.91 Å². The molecule has 1 amide bonds. The van der Waals surface area contributed by atoms with Crippen LogP contribution < -0.4 is 11.1 Å². The molecule has 1 aromatic heterocycles. The van der Waals surface area contributed by atoms with Crippen molar-refractivity contribution in [3.63, 3.8) is 0 Å². The first kappa shape index (κ1) is 11.0. The summed E-state index contributed by atoms with van der Waals surface area (Å²) in [6.45, 7) is 2.03. The van der Waals surface area contributed by atoms with Crippen LogP contribution in [0, 0.1) is 11.8 Å². The van der Waals surface area contributed by atoms with Crippen molar-refractivity contribution in [2.45, 2.75) is 6.92 Å². The van der Waals surface area contributed by atoms with Crippen molar-refractivity contribution in [2.24, 2.45) is 0 Å². The van der Waals surface area contributed by atoms with E-state index in [1.54, 1.807) is 25.1 Å². The summed E-state index contributed by atoms with van der Waals surface area (Å²) in [5, 5.41) is 10.1. The van der Waals surface area contributed by atoms with Gasteiger partial charge >= 0.3 is 0 Å². The van der Waals surface area contributed by atoms with E-state index >= 15 is 0 Å². The number of nitrogens with one attached hydrogen (secondary N) is 2. The summed E-state index contributed by atoms with van der Waals surface area (Å²) < 4.78 is 0. The summed E-state index contributed by atoms with van der Waals surface area (Å²) >= 11 is 0. The summed E-state index contributed by atoms with van der Waals surface area (Å²) in [6.07, 6.45) is 0. The number of hydrogen-bond acceptors (Lipinski definition) is 3. The quantitative estimate of drug-likeness (QED) is 0.527. The van der Waals surface area contributed by atoms with Gasteiger partial charge in [-0.15, -0.1) is 5.92 Å². The fourth-order valence-corrected chi connectivity index (χ4v) is 1.50. The fourth-order valence-electron chi connectivity index (χ4n) is 1.50. The third-order valence-corrected chi connectivity index (χ3v) is 2.32. The predicted molar refractivity (Wildman–Crippen MR) is 66.3 cm³/mol. The van der Waals surface area contributed by atoms with Gasteiger partial charge in [-0.05, 0) is 25.1 Å². The van der Waals surface area contributed by atoms with Crippen molar-refractivity contribution in [2.75, 3.05) is 12.3 Å². The molecular weight excluding hydrogens is 216 g/mol. The van der Waals surface area contributed by atoms with Gasteiger partial charge in [0.1, 0.15) is 0 Å².